The van der Waals surface area contributed by atoms with Crippen LogP contribution < -0.4 is 5.32 Å². The van der Waals surface area contributed by atoms with Crippen molar-refractivity contribution in [1.82, 2.24) is 40.2 Å². The summed E-state index contributed by atoms with van der Waals surface area (Å²) in [5, 5.41) is 14.8. The molecule has 0 aromatic carbocycles. The number of likely N-dealkylation sites (N-methyl/N-ethyl adjacent to an activating group) is 1. The largest absolute Gasteiger partial charge is 0.338 e. The number of piperazine rings is 1. The Kier molecular flexibility index (Phi) is 5.24. The highest BCUT2D eigenvalue weighted by molar-refractivity contribution is 5.82. The molecule has 2 fully saturated rings. The maximum atomic E-state index is 12.7. The van der Waals surface area contributed by atoms with E-state index in [1.54, 1.807) is 0 Å². The number of hydrogen-bond donors (Lipinski definition) is 1. The number of carbonyl (C=O) groups is 2. The van der Waals surface area contributed by atoms with Gasteiger partial charge in [0, 0.05) is 45.2 Å². The fourth-order valence-corrected chi connectivity index (χ4v) is 4.27. The number of amides is 3. The Hall–Kier alpha value is -2.23. The lowest BCUT2D eigenvalue weighted by Gasteiger charge is -2.37. The van der Waals surface area contributed by atoms with Gasteiger partial charge in [-0.15, -0.1) is 5.10 Å². The first-order chi connectivity index (χ1) is 13.1. The minimum Gasteiger partial charge on any atom is -0.338 e. The molecule has 3 aliphatic rings. The Morgan fingerprint density at radius 2 is 1.78 bits per heavy atom. The van der Waals surface area contributed by atoms with Gasteiger partial charge in [-0.25, -0.2) is 9.48 Å². The van der Waals surface area contributed by atoms with Crippen molar-refractivity contribution in [3.05, 3.63) is 5.82 Å². The number of nitrogens with one attached hydrogen (secondary N) is 1. The van der Waals surface area contributed by atoms with Gasteiger partial charge in [0.1, 0.15) is 0 Å². The molecule has 1 aromatic heterocycles. The molecule has 4 rings (SSSR count). The Morgan fingerprint density at radius 1 is 1.00 bits per heavy atom. The van der Waals surface area contributed by atoms with Crippen molar-refractivity contribution in [3.63, 3.8) is 0 Å². The first-order valence-corrected chi connectivity index (χ1v) is 9.91. The van der Waals surface area contributed by atoms with E-state index >= 15 is 0 Å². The van der Waals surface area contributed by atoms with E-state index in [0.717, 1.165) is 51.0 Å². The zero-order valence-corrected chi connectivity index (χ0v) is 15.9. The van der Waals surface area contributed by atoms with Gasteiger partial charge in [-0.3, -0.25) is 9.69 Å². The van der Waals surface area contributed by atoms with Crippen LogP contribution in [0.4, 0.5) is 4.79 Å². The number of aromatic nitrogens is 4. The van der Waals surface area contributed by atoms with Crippen LogP contribution in [0.1, 0.15) is 31.5 Å². The smallest absolute Gasteiger partial charge is 0.317 e. The van der Waals surface area contributed by atoms with Crippen LogP contribution in [0.15, 0.2) is 0 Å². The predicted molar refractivity (Wildman–Crippen MR) is 96.9 cm³/mol. The lowest BCUT2D eigenvalue weighted by Crippen LogP contribution is -2.56. The number of nitrogens with zero attached hydrogens (tertiary/aromatic N) is 7. The van der Waals surface area contributed by atoms with Gasteiger partial charge < -0.3 is 15.1 Å². The SMILES string of the molecule is CN1CCCC1C(=O)N1CCN(C(=O)NC2CCc3nnnn3CC2)CC1. The second-order valence-electron chi connectivity index (χ2n) is 7.74. The summed E-state index contributed by atoms with van der Waals surface area (Å²) < 4.78 is 1.82. The monoisotopic (exact) mass is 376 g/mol. The summed E-state index contributed by atoms with van der Waals surface area (Å²) >= 11 is 0. The fourth-order valence-electron chi connectivity index (χ4n) is 4.27. The number of aryl methyl sites for hydroxylation is 2. The number of carbonyl (C=O) groups excluding carboxylic acids is 2. The van der Waals surface area contributed by atoms with E-state index in [-0.39, 0.29) is 24.0 Å². The second kappa shape index (κ2) is 7.79. The van der Waals surface area contributed by atoms with Gasteiger partial charge >= 0.3 is 6.03 Å². The molecule has 1 N–H and O–H groups in total. The molecule has 0 saturated carbocycles. The number of likely N-dealkylation sites (tertiary alicyclic amines) is 1. The van der Waals surface area contributed by atoms with Gasteiger partial charge in [0.15, 0.2) is 5.82 Å². The van der Waals surface area contributed by atoms with Crippen LogP contribution in [0.2, 0.25) is 0 Å². The van der Waals surface area contributed by atoms with E-state index < -0.39 is 0 Å². The molecule has 0 radical (unpaired) electrons. The first-order valence-electron chi connectivity index (χ1n) is 9.91. The van der Waals surface area contributed by atoms with Crippen molar-refractivity contribution in [2.45, 2.75) is 50.7 Å². The molecule has 3 aliphatic heterocycles. The summed E-state index contributed by atoms with van der Waals surface area (Å²) in [5.74, 6) is 1.10. The van der Waals surface area contributed by atoms with Crippen molar-refractivity contribution in [2.24, 2.45) is 0 Å². The lowest BCUT2D eigenvalue weighted by atomic mass is 10.1. The summed E-state index contributed by atoms with van der Waals surface area (Å²) in [6.45, 7) is 4.13. The van der Waals surface area contributed by atoms with Crippen molar-refractivity contribution in [2.75, 3.05) is 39.8 Å². The Labute approximate surface area is 158 Å². The molecule has 1 aromatic rings. The minimum absolute atomic E-state index is 0.0193. The van der Waals surface area contributed by atoms with Gasteiger partial charge in [-0.1, -0.05) is 0 Å². The molecule has 10 heteroatoms. The molecular weight excluding hydrogens is 348 g/mol. The highest BCUT2D eigenvalue weighted by Crippen LogP contribution is 2.18. The number of hydrogen-bond acceptors (Lipinski definition) is 6. The van der Waals surface area contributed by atoms with E-state index in [0.29, 0.717) is 26.2 Å². The zero-order chi connectivity index (χ0) is 18.8. The Morgan fingerprint density at radius 3 is 2.52 bits per heavy atom. The topological polar surface area (TPSA) is 99.5 Å². The number of urea groups is 1. The third-order valence-electron chi connectivity index (χ3n) is 6.02. The fraction of sp³-hybridized carbons (Fsp3) is 0.824. The molecule has 27 heavy (non-hydrogen) atoms. The van der Waals surface area contributed by atoms with Crippen molar-refractivity contribution in [3.8, 4) is 0 Å². The van der Waals surface area contributed by atoms with Crippen LogP contribution in [0.25, 0.3) is 0 Å². The average molecular weight is 376 g/mol. The standard InChI is InChI=1S/C17H28N8O2/c1-22-7-2-3-14(22)16(26)23-9-11-24(12-10-23)17(27)18-13-4-5-15-19-20-21-25(15)8-6-13/h13-14H,2-12H2,1H3,(H,18,27). The van der Waals surface area contributed by atoms with Crippen LogP contribution in [-0.2, 0) is 17.8 Å². The van der Waals surface area contributed by atoms with Gasteiger partial charge in [-0.2, -0.15) is 0 Å². The van der Waals surface area contributed by atoms with Crippen LogP contribution in [0.5, 0.6) is 0 Å². The quantitative estimate of drug-likeness (QED) is 0.735. The van der Waals surface area contributed by atoms with Gasteiger partial charge in [0.2, 0.25) is 5.91 Å². The molecule has 0 spiro atoms. The maximum absolute atomic E-state index is 12.7. The second-order valence-corrected chi connectivity index (χ2v) is 7.74. The molecule has 3 amide bonds. The maximum Gasteiger partial charge on any atom is 0.317 e. The summed E-state index contributed by atoms with van der Waals surface area (Å²) in [6, 6.07) is 0.106. The van der Waals surface area contributed by atoms with E-state index in [1.165, 1.54) is 0 Å². The zero-order valence-electron chi connectivity index (χ0n) is 15.9. The van der Waals surface area contributed by atoms with Gasteiger partial charge in [0.25, 0.3) is 0 Å². The van der Waals surface area contributed by atoms with E-state index in [4.69, 9.17) is 0 Å². The van der Waals surface area contributed by atoms with Gasteiger partial charge in [-0.05, 0) is 49.7 Å². The van der Waals surface area contributed by atoms with E-state index in [1.807, 2.05) is 21.5 Å². The number of rotatable bonds is 2. The molecule has 2 saturated heterocycles. The summed E-state index contributed by atoms with van der Waals surface area (Å²) in [5.41, 5.74) is 0. The number of tetrazole rings is 1. The third-order valence-corrected chi connectivity index (χ3v) is 6.02. The average Bonchev–Trinajstić information content (AvgIpc) is 3.27. The van der Waals surface area contributed by atoms with Crippen molar-refractivity contribution >= 4 is 11.9 Å². The van der Waals surface area contributed by atoms with Crippen LogP contribution in [0.3, 0.4) is 0 Å². The molecule has 4 heterocycles. The predicted octanol–water partition coefficient (Wildman–Crippen LogP) is -0.674. The van der Waals surface area contributed by atoms with Crippen LogP contribution >= 0.6 is 0 Å². The van der Waals surface area contributed by atoms with Crippen molar-refractivity contribution < 1.29 is 9.59 Å². The Balaban J connectivity index is 1.24. The molecule has 10 nitrogen and oxygen atoms in total. The number of fused-ring (bicyclic) bond motifs is 1. The molecule has 2 atom stereocenters. The van der Waals surface area contributed by atoms with Gasteiger partial charge in [0.05, 0.1) is 6.04 Å². The molecule has 0 aliphatic carbocycles. The summed E-state index contributed by atoms with van der Waals surface area (Å²) in [4.78, 5) is 31.2. The molecular formula is C17H28N8O2. The van der Waals surface area contributed by atoms with Crippen molar-refractivity contribution in [1.29, 1.82) is 0 Å². The molecule has 148 valence electrons. The lowest BCUT2D eigenvalue weighted by molar-refractivity contribution is -0.137. The first kappa shape index (κ1) is 18.1. The third kappa shape index (κ3) is 3.90. The summed E-state index contributed by atoms with van der Waals surface area (Å²) in [7, 11) is 2.02. The van der Waals surface area contributed by atoms with E-state index in [9.17, 15) is 9.59 Å². The minimum atomic E-state index is -0.0318. The summed E-state index contributed by atoms with van der Waals surface area (Å²) in [6.07, 6.45) is 4.48. The van der Waals surface area contributed by atoms with Crippen LogP contribution in [-0.4, -0.2) is 98.7 Å². The highest BCUT2D eigenvalue weighted by Gasteiger charge is 2.33. The van der Waals surface area contributed by atoms with E-state index in [2.05, 4.69) is 25.7 Å². The normalized spacial score (nSPS) is 26.6. The molecule has 0 bridgehead atoms. The molecule has 2 unspecified atom stereocenters. The van der Waals surface area contributed by atoms with Crippen LogP contribution in [0, 0.1) is 0 Å². The highest BCUT2D eigenvalue weighted by atomic mass is 16.2. The Bertz CT molecular complexity index is 662.